The second kappa shape index (κ2) is 5.37. The molecule has 4 nitrogen and oxygen atoms in total. The standard InChI is InChI=1S/C21H28O4/c1-19-8-5-14(23)11-13(19)3-4-15-16(19)6-9-20(2)17(15)7-10-21(20,25)18(24)12-22/h7,11,15-16,22,25H,3-6,8-10,12H2,1-2H3/t15-,16-,19-,20+,21-/m0/s1. The van der Waals surface area contributed by atoms with E-state index in [0.29, 0.717) is 24.7 Å². The van der Waals surface area contributed by atoms with Crippen molar-refractivity contribution >= 4 is 11.6 Å². The Labute approximate surface area is 149 Å². The van der Waals surface area contributed by atoms with Gasteiger partial charge in [-0.25, -0.2) is 0 Å². The molecular weight excluding hydrogens is 316 g/mol. The molecule has 25 heavy (non-hydrogen) atoms. The molecule has 0 unspecified atom stereocenters. The van der Waals surface area contributed by atoms with E-state index in [1.165, 1.54) is 11.1 Å². The molecule has 2 N–H and O–H groups in total. The zero-order valence-electron chi connectivity index (χ0n) is 15.2. The smallest absolute Gasteiger partial charge is 0.190 e. The molecule has 0 aromatic heterocycles. The van der Waals surface area contributed by atoms with Crippen LogP contribution in [0.4, 0.5) is 0 Å². The van der Waals surface area contributed by atoms with Crippen LogP contribution in [0.2, 0.25) is 0 Å². The normalized spacial score (nSPS) is 45.8. The van der Waals surface area contributed by atoms with Gasteiger partial charge in [0.1, 0.15) is 12.2 Å². The predicted molar refractivity (Wildman–Crippen MR) is 93.7 cm³/mol. The Morgan fingerprint density at radius 2 is 2.00 bits per heavy atom. The maximum absolute atomic E-state index is 12.3. The molecule has 0 saturated heterocycles. The molecule has 0 spiro atoms. The van der Waals surface area contributed by atoms with Gasteiger partial charge in [-0.1, -0.05) is 31.1 Å². The van der Waals surface area contributed by atoms with E-state index < -0.39 is 23.4 Å². The number of Topliss-reactive ketones (excluding diaryl/α,β-unsaturated/α-hetero) is 1. The number of ketones is 2. The summed E-state index contributed by atoms with van der Waals surface area (Å²) in [4.78, 5) is 24.2. The lowest BCUT2D eigenvalue weighted by Gasteiger charge is -2.57. The third-order valence-corrected chi connectivity index (χ3v) is 8.12. The summed E-state index contributed by atoms with van der Waals surface area (Å²) in [7, 11) is 0. The monoisotopic (exact) mass is 344 g/mol. The number of aliphatic hydroxyl groups is 2. The lowest BCUT2D eigenvalue weighted by Crippen LogP contribution is -2.56. The van der Waals surface area contributed by atoms with Gasteiger partial charge in [0.05, 0.1) is 0 Å². The Morgan fingerprint density at radius 1 is 1.24 bits per heavy atom. The Balaban J connectivity index is 1.70. The molecule has 0 aromatic carbocycles. The summed E-state index contributed by atoms with van der Waals surface area (Å²) in [5.41, 5.74) is 0.595. The van der Waals surface area contributed by atoms with E-state index in [9.17, 15) is 19.8 Å². The van der Waals surface area contributed by atoms with E-state index in [1.807, 2.05) is 13.0 Å². The minimum Gasteiger partial charge on any atom is -0.388 e. The van der Waals surface area contributed by atoms with E-state index in [-0.39, 0.29) is 11.2 Å². The first kappa shape index (κ1) is 17.2. The number of carbonyl (C=O) groups excluding carboxylic acids is 2. The minimum atomic E-state index is -1.46. The van der Waals surface area contributed by atoms with Gasteiger partial charge in [-0.05, 0) is 55.4 Å². The zero-order valence-corrected chi connectivity index (χ0v) is 15.2. The van der Waals surface area contributed by atoms with Gasteiger partial charge in [0, 0.05) is 18.3 Å². The van der Waals surface area contributed by atoms with Crippen molar-refractivity contribution in [3.63, 3.8) is 0 Å². The Hall–Kier alpha value is -1.26. The van der Waals surface area contributed by atoms with Crippen LogP contribution in [0.5, 0.6) is 0 Å². The van der Waals surface area contributed by atoms with Gasteiger partial charge in [0.15, 0.2) is 11.6 Å². The molecular formula is C21H28O4. The topological polar surface area (TPSA) is 74.6 Å². The molecule has 4 heteroatoms. The van der Waals surface area contributed by atoms with Crippen molar-refractivity contribution in [2.24, 2.45) is 22.7 Å². The number of hydrogen-bond acceptors (Lipinski definition) is 4. The first-order valence-corrected chi connectivity index (χ1v) is 9.57. The van der Waals surface area contributed by atoms with Gasteiger partial charge in [0.2, 0.25) is 0 Å². The van der Waals surface area contributed by atoms with Crippen molar-refractivity contribution in [3.8, 4) is 0 Å². The molecule has 0 heterocycles. The van der Waals surface area contributed by atoms with Crippen LogP contribution < -0.4 is 0 Å². The Morgan fingerprint density at radius 3 is 2.72 bits per heavy atom. The SMILES string of the molecule is C[C@]12CCC(=O)C=C1CC[C@@H]1C3=CC[C@](O)(C(=O)CO)[C@]3(C)CC[C@@H]12. The molecule has 4 aliphatic carbocycles. The van der Waals surface area contributed by atoms with Crippen molar-refractivity contribution < 1.29 is 19.8 Å². The predicted octanol–water partition coefficient (Wildman–Crippen LogP) is 2.73. The average Bonchev–Trinajstić information content (AvgIpc) is 2.87. The van der Waals surface area contributed by atoms with Gasteiger partial charge in [-0.3, -0.25) is 9.59 Å². The van der Waals surface area contributed by atoms with Crippen molar-refractivity contribution in [2.45, 2.75) is 64.4 Å². The first-order chi connectivity index (χ1) is 11.8. The zero-order chi connectivity index (χ0) is 18.0. The summed E-state index contributed by atoms with van der Waals surface area (Å²) >= 11 is 0. The molecule has 0 aromatic rings. The molecule has 136 valence electrons. The second-order valence-electron chi connectivity index (χ2n) is 8.98. The summed E-state index contributed by atoms with van der Waals surface area (Å²) in [6.07, 6.45) is 9.49. The minimum absolute atomic E-state index is 0.0701. The van der Waals surface area contributed by atoms with Crippen molar-refractivity contribution in [3.05, 3.63) is 23.3 Å². The molecule has 4 rings (SSSR count). The van der Waals surface area contributed by atoms with E-state index in [2.05, 4.69) is 13.0 Å². The van der Waals surface area contributed by atoms with E-state index in [4.69, 9.17) is 0 Å². The average molecular weight is 344 g/mol. The molecule has 4 aliphatic rings. The fraction of sp³-hybridized carbons (Fsp3) is 0.714. The summed E-state index contributed by atoms with van der Waals surface area (Å²) < 4.78 is 0. The molecule has 2 fully saturated rings. The molecule has 0 bridgehead atoms. The number of hydrogen-bond donors (Lipinski definition) is 2. The molecule has 0 amide bonds. The number of fused-ring (bicyclic) bond motifs is 5. The quantitative estimate of drug-likeness (QED) is 0.756. The highest BCUT2D eigenvalue weighted by Crippen LogP contribution is 2.65. The molecule has 0 radical (unpaired) electrons. The lowest BCUT2D eigenvalue weighted by atomic mass is 9.47. The third-order valence-electron chi connectivity index (χ3n) is 8.12. The van der Waals surface area contributed by atoms with Gasteiger partial charge < -0.3 is 10.2 Å². The number of rotatable bonds is 2. The highest BCUT2D eigenvalue weighted by Gasteiger charge is 2.62. The van der Waals surface area contributed by atoms with Crippen LogP contribution in [0.15, 0.2) is 23.3 Å². The summed E-state index contributed by atoms with van der Waals surface area (Å²) in [6.45, 7) is 3.72. The fourth-order valence-corrected chi connectivity index (χ4v) is 6.46. The van der Waals surface area contributed by atoms with Crippen LogP contribution >= 0.6 is 0 Å². The first-order valence-electron chi connectivity index (χ1n) is 9.57. The molecule has 0 aliphatic heterocycles. The van der Waals surface area contributed by atoms with Crippen molar-refractivity contribution in [1.82, 2.24) is 0 Å². The fourth-order valence-electron chi connectivity index (χ4n) is 6.46. The Kier molecular flexibility index (Phi) is 3.69. The number of carbonyl (C=O) groups is 2. The highest BCUT2D eigenvalue weighted by molar-refractivity contribution is 5.92. The van der Waals surface area contributed by atoms with E-state index in [0.717, 1.165) is 32.1 Å². The van der Waals surface area contributed by atoms with Gasteiger partial charge >= 0.3 is 0 Å². The molecule has 5 atom stereocenters. The van der Waals surface area contributed by atoms with Crippen LogP contribution in [0.3, 0.4) is 0 Å². The van der Waals surface area contributed by atoms with Crippen LogP contribution in [0.25, 0.3) is 0 Å². The van der Waals surface area contributed by atoms with Crippen LogP contribution in [0.1, 0.15) is 58.8 Å². The Bertz CT molecular complexity index is 705. The van der Waals surface area contributed by atoms with Gasteiger partial charge in [-0.2, -0.15) is 0 Å². The van der Waals surface area contributed by atoms with Gasteiger partial charge in [0.25, 0.3) is 0 Å². The van der Waals surface area contributed by atoms with Crippen LogP contribution in [-0.2, 0) is 9.59 Å². The maximum atomic E-state index is 12.3. The highest BCUT2D eigenvalue weighted by atomic mass is 16.3. The summed E-state index contributed by atoms with van der Waals surface area (Å²) in [6, 6.07) is 0. The van der Waals surface area contributed by atoms with E-state index >= 15 is 0 Å². The summed E-state index contributed by atoms with van der Waals surface area (Å²) in [5, 5.41) is 20.5. The second-order valence-corrected chi connectivity index (χ2v) is 8.98. The maximum Gasteiger partial charge on any atom is 0.190 e. The largest absolute Gasteiger partial charge is 0.388 e. The van der Waals surface area contributed by atoms with E-state index in [1.54, 1.807) is 0 Å². The third kappa shape index (κ3) is 2.07. The van der Waals surface area contributed by atoms with Crippen LogP contribution in [0, 0.1) is 22.7 Å². The summed E-state index contributed by atoms with van der Waals surface area (Å²) in [5.74, 6) is 0.654. The van der Waals surface area contributed by atoms with Crippen molar-refractivity contribution in [1.29, 1.82) is 0 Å². The van der Waals surface area contributed by atoms with Crippen LogP contribution in [-0.4, -0.2) is 34.0 Å². The lowest BCUT2D eigenvalue weighted by molar-refractivity contribution is -0.153. The number of aliphatic hydroxyl groups excluding tert-OH is 1. The number of allylic oxidation sites excluding steroid dienone is 2. The molecule has 2 saturated carbocycles. The van der Waals surface area contributed by atoms with Gasteiger partial charge in [-0.15, -0.1) is 0 Å². The van der Waals surface area contributed by atoms with Crippen molar-refractivity contribution in [2.75, 3.05) is 6.61 Å².